The van der Waals surface area contributed by atoms with E-state index >= 15 is 0 Å². The summed E-state index contributed by atoms with van der Waals surface area (Å²) in [5, 5.41) is 7.08. The van der Waals surface area contributed by atoms with Gasteiger partial charge in [-0.05, 0) is 38.5 Å². The molecule has 5 nitrogen and oxygen atoms in total. The van der Waals surface area contributed by atoms with E-state index in [1.54, 1.807) is 37.7 Å². The highest BCUT2D eigenvalue weighted by atomic mass is 35.5. The molecule has 0 aliphatic heterocycles. The number of carbonyl (C=O) groups is 2. The summed E-state index contributed by atoms with van der Waals surface area (Å²) in [6.07, 6.45) is 0. The van der Waals surface area contributed by atoms with Crippen molar-refractivity contribution < 1.29 is 9.59 Å². The van der Waals surface area contributed by atoms with Gasteiger partial charge in [-0.2, -0.15) is 5.10 Å². The number of rotatable bonds is 3. The van der Waals surface area contributed by atoms with Crippen LogP contribution in [0, 0.1) is 20.8 Å². The maximum Gasteiger partial charge on any atom is 0.296 e. The molecule has 0 radical (unpaired) electrons. The maximum atomic E-state index is 12.3. The van der Waals surface area contributed by atoms with Crippen molar-refractivity contribution in [2.24, 2.45) is 7.05 Å². The number of anilines is 1. The lowest BCUT2D eigenvalue weighted by atomic mass is 10.1. The number of aryl methyl sites for hydroxylation is 3. The Hall–Kier alpha value is -2.14. The third-order valence-corrected chi connectivity index (χ3v) is 3.63. The molecule has 0 spiro atoms. The Morgan fingerprint density at radius 1 is 1.24 bits per heavy atom. The third kappa shape index (κ3) is 2.97. The van der Waals surface area contributed by atoms with Crippen LogP contribution in [-0.4, -0.2) is 21.5 Å². The molecule has 2 rings (SSSR count). The molecule has 1 heterocycles. The van der Waals surface area contributed by atoms with Crippen LogP contribution in [0.3, 0.4) is 0 Å². The average molecular weight is 306 g/mol. The van der Waals surface area contributed by atoms with Crippen LogP contribution in [0.2, 0.25) is 5.02 Å². The molecule has 0 saturated carbocycles. The number of aromatic nitrogens is 2. The molecule has 0 fully saturated rings. The quantitative estimate of drug-likeness (QED) is 0.700. The highest BCUT2D eigenvalue weighted by Gasteiger charge is 2.24. The Balaban J connectivity index is 2.26. The van der Waals surface area contributed by atoms with Crippen molar-refractivity contribution >= 4 is 29.0 Å². The normalized spacial score (nSPS) is 10.5. The Morgan fingerprint density at radius 3 is 2.43 bits per heavy atom. The Bertz CT molecular complexity index is 735. The minimum absolute atomic E-state index is 0.332. The summed E-state index contributed by atoms with van der Waals surface area (Å²) in [6.45, 7) is 5.34. The van der Waals surface area contributed by atoms with Crippen molar-refractivity contribution in [1.82, 2.24) is 9.78 Å². The van der Waals surface area contributed by atoms with Crippen molar-refractivity contribution in [1.29, 1.82) is 0 Å². The molecule has 0 aliphatic carbocycles. The largest absolute Gasteiger partial charge is 0.318 e. The topological polar surface area (TPSA) is 64.0 Å². The van der Waals surface area contributed by atoms with Crippen molar-refractivity contribution in [2.75, 3.05) is 5.32 Å². The zero-order chi connectivity index (χ0) is 15.7. The van der Waals surface area contributed by atoms with Gasteiger partial charge in [0.25, 0.3) is 11.7 Å². The molecule has 0 aliphatic rings. The van der Waals surface area contributed by atoms with Gasteiger partial charge < -0.3 is 5.32 Å². The molecule has 1 aromatic heterocycles. The highest BCUT2D eigenvalue weighted by Crippen LogP contribution is 2.23. The van der Waals surface area contributed by atoms with Crippen LogP contribution in [-0.2, 0) is 11.8 Å². The van der Waals surface area contributed by atoms with Crippen LogP contribution in [0.4, 0.5) is 5.69 Å². The molecule has 0 saturated heterocycles. The van der Waals surface area contributed by atoms with Crippen LogP contribution in [0.15, 0.2) is 18.2 Å². The van der Waals surface area contributed by atoms with Gasteiger partial charge >= 0.3 is 0 Å². The molecule has 6 heteroatoms. The summed E-state index contributed by atoms with van der Waals surface area (Å²) in [4.78, 5) is 24.4. The molecular weight excluding hydrogens is 290 g/mol. The molecule has 2 aromatic rings. The monoisotopic (exact) mass is 305 g/mol. The van der Waals surface area contributed by atoms with Gasteiger partial charge in [0.1, 0.15) is 0 Å². The number of hydrogen-bond donors (Lipinski definition) is 1. The summed E-state index contributed by atoms with van der Waals surface area (Å²) in [7, 11) is 1.73. The first-order chi connectivity index (χ1) is 9.81. The van der Waals surface area contributed by atoms with Crippen molar-refractivity contribution in [3.63, 3.8) is 0 Å². The van der Waals surface area contributed by atoms with Gasteiger partial charge in [-0.15, -0.1) is 0 Å². The highest BCUT2D eigenvalue weighted by molar-refractivity contribution is 6.47. The number of hydrogen-bond acceptors (Lipinski definition) is 3. The van der Waals surface area contributed by atoms with E-state index in [1.807, 2.05) is 13.0 Å². The summed E-state index contributed by atoms with van der Waals surface area (Å²) in [5.41, 5.74) is 2.91. The van der Waals surface area contributed by atoms with E-state index in [-0.39, 0.29) is 0 Å². The molecule has 110 valence electrons. The SMILES string of the molecule is Cc1ccc(NC(=O)C(=O)c2c(C)nn(C)c2C)c(Cl)c1. The molecule has 1 amide bonds. The molecule has 1 aromatic carbocycles. The second-order valence-corrected chi connectivity index (χ2v) is 5.34. The van der Waals surface area contributed by atoms with E-state index in [9.17, 15) is 9.59 Å². The lowest BCUT2D eigenvalue weighted by Crippen LogP contribution is -2.24. The number of halogens is 1. The van der Waals surface area contributed by atoms with E-state index < -0.39 is 11.7 Å². The molecule has 0 atom stereocenters. The van der Waals surface area contributed by atoms with E-state index in [2.05, 4.69) is 10.4 Å². The fourth-order valence-corrected chi connectivity index (χ4v) is 2.40. The fourth-order valence-electron chi connectivity index (χ4n) is 2.12. The van der Waals surface area contributed by atoms with Crippen LogP contribution in [0.5, 0.6) is 0 Å². The predicted molar refractivity (Wildman–Crippen MR) is 81.8 cm³/mol. The number of nitrogens with one attached hydrogen (secondary N) is 1. The number of ketones is 1. The number of Topliss-reactive ketones (excluding diaryl/α,β-unsaturated/α-hetero) is 1. The zero-order valence-electron chi connectivity index (χ0n) is 12.3. The molecule has 0 unspecified atom stereocenters. The standard InChI is InChI=1S/C15H16ClN3O2/c1-8-5-6-12(11(16)7-8)17-15(21)14(20)13-9(2)18-19(4)10(13)3/h5-7H,1-4H3,(H,17,21). The van der Waals surface area contributed by atoms with Gasteiger partial charge in [0, 0.05) is 12.7 Å². The van der Waals surface area contributed by atoms with Gasteiger partial charge in [-0.3, -0.25) is 14.3 Å². The first-order valence-electron chi connectivity index (χ1n) is 6.43. The van der Waals surface area contributed by atoms with Crippen molar-refractivity contribution in [3.05, 3.63) is 45.7 Å². The van der Waals surface area contributed by atoms with Gasteiger partial charge in [0.15, 0.2) is 0 Å². The predicted octanol–water partition coefficient (Wildman–Crippen LogP) is 2.82. The van der Waals surface area contributed by atoms with E-state index in [4.69, 9.17) is 11.6 Å². The number of carbonyl (C=O) groups excluding carboxylic acids is 2. The Morgan fingerprint density at radius 2 is 1.90 bits per heavy atom. The molecule has 21 heavy (non-hydrogen) atoms. The van der Waals surface area contributed by atoms with Crippen LogP contribution in [0.1, 0.15) is 27.3 Å². The summed E-state index contributed by atoms with van der Waals surface area (Å²) < 4.78 is 1.58. The lowest BCUT2D eigenvalue weighted by Gasteiger charge is -2.07. The second kappa shape index (κ2) is 5.69. The molecule has 1 N–H and O–H groups in total. The van der Waals surface area contributed by atoms with Gasteiger partial charge in [0.05, 0.1) is 22.0 Å². The van der Waals surface area contributed by atoms with Crippen LogP contribution < -0.4 is 5.32 Å². The lowest BCUT2D eigenvalue weighted by molar-refractivity contribution is -0.112. The van der Waals surface area contributed by atoms with Crippen molar-refractivity contribution in [3.8, 4) is 0 Å². The van der Waals surface area contributed by atoms with Crippen LogP contribution in [0.25, 0.3) is 0 Å². The van der Waals surface area contributed by atoms with E-state index in [0.717, 1.165) is 5.56 Å². The number of benzene rings is 1. The van der Waals surface area contributed by atoms with Gasteiger partial charge in [-0.1, -0.05) is 17.7 Å². The molecule has 0 bridgehead atoms. The Labute approximate surface area is 127 Å². The van der Waals surface area contributed by atoms with Crippen molar-refractivity contribution in [2.45, 2.75) is 20.8 Å². The summed E-state index contributed by atoms with van der Waals surface area (Å²) >= 11 is 6.05. The third-order valence-electron chi connectivity index (χ3n) is 3.32. The van der Waals surface area contributed by atoms with Crippen LogP contribution >= 0.6 is 11.6 Å². The van der Waals surface area contributed by atoms with Gasteiger partial charge in [-0.25, -0.2) is 0 Å². The fraction of sp³-hybridized carbons (Fsp3) is 0.267. The first kappa shape index (κ1) is 15.3. The number of amides is 1. The maximum absolute atomic E-state index is 12.3. The summed E-state index contributed by atoms with van der Waals surface area (Å²) in [5.74, 6) is -1.34. The van der Waals surface area contributed by atoms with E-state index in [1.165, 1.54) is 0 Å². The minimum Gasteiger partial charge on any atom is -0.318 e. The number of nitrogens with zero attached hydrogens (tertiary/aromatic N) is 2. The average Bonchev–Trinajstić information content (AvgIpc) is 2.66. The van der Waals surface area contributed by atoms with Gasteiger partial charge in [0.2, 0.25) is 0 Å². The first-order valence-corrected chi connectivity index (χ1v) is 6.81. The minimum atomic E-state index is -0.722. The summed E-state index contributed by atoms with van der Waals surface area (Å²) in [6, 6.07) is 5.21. The van der Waals surface area contributed by atoms with E-state index in [0.29, 0.717) is 27.7 Å². The smallest absolute Gasteiger partial charge is 0.296 e. The molecular formula is C15H16ClN3O2. The second-order valence-electron chi connectivity index (χ2n) is 4.94. The zero-order valence-corrected chi connectivity index (χ0v) is 13.1. The Kier molecular flexibility index (Phi) is 4.14.